The van der Waals surface area contributed by atoms with E-state index in [1.807, 2.05) is 0 Å². The maximum atomic E-state index is 13.1. The molecule has 0 amide bonds. The van der Waals surface area contributed by atoms with Gasteiger partial charge in [0.1, 0.15) is 16.5 Å². The number of nitrogens with one attached hydrogen (secondary N) is 2. The highest BCUT2D eigenvalue weighted by Crippen LogP contribution is 2.19. The van der Waals surface area contributed by atoms with Crippen LogP contribution in [0.2, 0.25) is 0 Å². The van der Waals surface area contributed by atoms with Crippen LogP contribution >= 0.6 is 0 Å². The van der Waals surface area contributed by atoms with Gasteiger partial charge in [-0.2, -0.15) is 5.10 Å². The molecule has 1 heterocycles. The SMILES string of the molecule is CC(NS(=O)(=O)c1cn[nH]c1N)c1cccc(F)c1. The zero-order chi connectivity index (χ0) is 14.0. The van der Waals surface area contributed by atoms with Crippen molar-refractivity contribution >= 4 is 15.8 Å². The molecule has 8 heteroatoms. The first-order valence-corrected chi connectivity index (χ1v) is 6.95. The highest BCUT2D eigenvalue weighted by atomic mass is 32.2. The molecule has 6 nitrogen and oxygen atoms in total. The molecule has 1 atom stereocenters. The third-order valence-corrected chi connectivity index (χ3v) is 4.17. The molecular weight excluding hydrogens is 271 g/mol. The fourth-order valence-electron chi connectivity index (χ4n) is 1.64. The summed E-state index contributed by atoms with van der Waals surface area (Å²) in [7, 11) is -3.80. The van der Waals surface area contributed by atoms with Gasteiger partial charge in [-0.15, -0.1) is 0 Å². The molecule has 0 fully saturated rings. The summed E-state index contributed by atoms with van der Waals surface area (Å²) in [6.07, 6.45) is 1.12. The molecule has 0 saturated carbocycles. The largest absolute Gasteiger partial charge is 0.383 e. The van der Waals surface area contributed by atoms with Crippen molar-refractivity contribution in [2.45, 2.75) is 17.9 Å². The lowest BCUT2D eigenvalue weighted by Crippen LogP contribution is -2.27. The first-order chi connectivity index (χ1) is 8.90. The molecule has 2 aromatic rings. The van der Waals surface area contributed by atoms with E-state index in [2.05, 4.69) is 14.9 Å². The lowest BCUT2D eigenvalue weighted by Gasteiger charge is -2.14. The number of nitrogen functional groups attached to an aromatic ring is 1. The average molecular weight is 284 g/mol. The predicted octanol–water partition coefficient (Wildman–Crippen LogP) is 1.17. The van der Waals surface area contributed by atoms with Gasteiger partial charge in [0.15, 0.2) is 0 Å². The van der Waals surface area contributed by atoms with E-state index < -0.39 is 21.9 Å². The standard InChI is InChI=1S/C11H13FN4O2S/c1-7(8-3-2-4-9(12)5-8)16-19(17,18)10-6-14-15-11(10)13/h2-7,16H,1H3,(H3,13,14,15). The molecule has 1 aromatic carbocycles. The van der Waals surface area contributed by atoms with Crippen LogP contribution in [0, 0.1) is 5.82 Å². The van der Waals surface area contributed by atoms with Crippen molar-refractivity contribution in [1.29, 1.82) is 0 Å². The van der Waals surface area contributed by atoms with Gasteiger partial charge in [-0.25, -0.2) is 17.5 Å². The Balaban J connectivity index is 2.24. The van der Waals surface area contributed by atoms with Crippen LogP contribution in [0.1, 0.15) is 18.5 Å². The van der Waals surface area contributed by atoms with E-state index in [0.717, 1.165) is 6.20 Å². The third-order valence-electron chi connectivity index (χ3n) is 2.60. The molecule has 0 aliphatic carbocycles. The number of hydrogen-bond acceptors (Lipinski definition) is 4. The second-order valence-corrected chi connectivity index (χ2v) is 5.73. The number of aromatic amines is 1. The van der Waals surface area contributed by atoms with Crippen molar-refractivity contribution in [3.8, 4) is 0 Å². The first-order valence-electron chi connectivity index (χ1n) is 5.47. The van der Waals surface area contributed by atoms with E-state index in [9.17, 15) is 12.8 Å². The molecule has 4 N–H and O–H groups in total. The molecule has 0 aliphatic rings. The Morgan fingerprint density at radius 2 is 2.21 bits per heavy atom. The van der Waals surface area contributed by atoms with E-state index in [1.165, 1.54) is 18.2 Å². The van der Waals surface area contributed by atoms with Crippen LogP contribution in [0.25, 0.3) is 0 Å². The first kappa shape index (κ1) is 13.5. The number of halogens is 1. The van der Waals surface area contributed by atoms with Crippen LogP contribution < -0.4 is 10.5 Å². The Hall–Kier alpha value is -1.93. The summed E-state index contributed by atoms with van der Waals surface area (Å²) in [6.45, 7) is 1.61. The minimum Gasteiger partial charge on any atom is -0.383 e. The van der Waals surface area contributed by atoms with Crippen molar-refractivity contribution in [2.24, 2.45) is 0 Å². The Bertz CT molecular complexity index is 684. The van der Waals surface area contributed by atoms with E-state index >= 15 is 0 Å². The lowest BCUT2D eigenvalue weighted by molar-refractivity contribution is 0.565. The molecule has 0 saturated heterocycles. The molecule has 19 heavy (non-hydrogen) atoms. The number of hydrogen-bond donors (Lipinski definition) is 3. The van der Waals surface area contributed by atoms with Crippen molar-refractivity contribution in [1.82, 2.24) is 14.9 Å². The maximum absolute atomic E-state index is 13.1. The normalized spacial score (nSPS) is 13.4. The zero-order valence-corrected chi connectivity index (χ0v) is 10.9. The molecule has 102 valence electrons. The number of benzene rings is 1. The third kappa shape index (κ3) is 2.91. The summed E-state index contributed by atoms with van der Waals surface area (Å²) in [5, 5.41) is 5.90. The number of sulfonamides is 1. The second kappa shape index (κ2) is 4.98. The Morgan fingerprint density at radius 3 is 2.79 bits per heavy atom. The van der Waals surface area contributed by atoms with Crippen LogP contribution in [0.3, 0.4) is 0 Å². The molecule has 0 spiro atoms. The molecule has 0 aliphatic heterocycles. The molecular formula is C11H13FN4O2S. The van der Waals surface area contributed by atoms with Crippen LogP contribution in [0.5, 0.6) is 0 Å². The fraction of sp³-hybridized carbons (Fsp3) is 0.182. The van der Waals surface area contributed by atoms with Crippen LogP contribution in [-0.2, 0) is 10.0 Å². The highest BCUT2D eigenvalue weighted by molar-refractivity contribution is 7.89. The Morgan fingerprint density at radius 1 is 1.47 bits per heavy atom. The van der Waals surface area contributed by atoms with Crippen molar-refractivity contribution in [3.63, 3.8) is 0 Å². The van der Waals surface area contributed by atoms with Crippen LogP contribution in [-0.4, -0.2) is 18.6 Å². The van der Waals surface area contributed by atoms with Gasteiger partial charge < -0.3 is 5.73 Å². The average Bonchev–Trinajstić information content (AvgIpc) is 2.75. The maximum Gasteiger partial charge on any atom is 0.246 e. The smallest absolute Gasteiger partial charge is 0.246 e. The van der Waals surface area contributed by atoms with Gasteiger partial charge in [-0.3, -0.25) is 5.10 Å². The summed E-state index contributed by atoms with van der Waals surface area (Å²) in [4.78, 5) is -0.129. The molecule has 1 unspecified atom stereocenters. The Kier molecular flexibility index (Phi) is 3.54. The topological polar surface area (TPSA) is 101 Å². The fourth-order valence-corrected chi connectivity index (χ4v) is 2.89. The van der Waals surface area contributed by atoms with Gasteiger partial charge in [0.05, 0.1) is 6.20 Å². The molecule has 0 radical (unpaired) electrons. The number of rotatable bonds is 4. The van der Waals surface area contributed by atoms with E-state index in [0.29, 0.717) is 5.56 Å². The van der Waals surface area contributed by atoms with Crippen LogP contribution in [0.15, 0.2) is 35.4 Å². The van der Waals surface area contributed by atoms with E-state index in [4.69, 9.17) is 5.73 Å². The molecule has 2 rings (SSSR count). The summed E-state index contributed by atoms with van der Waals surface area (Å²) in [5.41, 5.74) is 5.99. The van der Waals surface area contributed by atoms with Gasteiger partial charge in [0.25, 0.3) is 0 Å². The molecule has 0 bridgehead atoms. The number of anilines is 1. The number of H-pyrrole nitrogens is 1. The van der Waals surface area contributed by atoms with Gasteiger partial charge in [0, 0.05) is 6.04 Å². The van der Waals surface area contributed by atoms with E-state index in [1.54, 1.807) is 13.0 Å². The van der Waals surface area contributed by atoms with E-state index in [-0.39, 0.29) is 10.7 Å². The van der Waals surface area contributed by atoms with Gasteiger partial charge >= 0.3 is 0 Å². The highest BCUT2D eigenvalue weighted by Gasteiger charge is 2.22. The van der Waals surface area contributed by atoms with Crippen molar-refractivity contribution in [2.75, 3.05) is 5.73 Å². The van der Waals surface area contributed by atoms with Crippen molar-refractivity contribution < 1.29 is 12.8 Å². The van der Waals surface area contributed by atoms with Crippen LogP contribution in [0.4, 0.5) is 10.2 Å². The minimum absolute atomic E-state index is 0.0426. The van der Waals surface area contributed by atoms with Crippen molar-refractivity contribution in [3.05, 3.63) is 41.8 Å². The monoisotopic (exact) mass is 284 g/mol. The minimum atomic E-state index is -3.80. The van der Waals surface area contributed by atoms with Gasteiger partial charge in [-0.05, 0) is 24.6 Å². The predicted molar refractivity (Wildman–Crippen MR) is 68.1 cm³/mol. The quantitative estimate of drug-likeness (QED) is 0.784. The van der Waals surface area contributed by atoms with Gasteiger partial charge in [0.2, 0.25) is 10.0 Å². The number of nitrogens with zero attached hydrogens (tertiary/aromatic N) is 1. The summed E-state index contributed by atoms with van der Waals surface area (Å²) < 4.78 is 39.6. The zero-order valence-electron chi connectivity index (χ0n) is 10.1. The Labute approximate surface area is 109 Å². The second-order valence-electron chi connectivity index (χ2n) is 4.05. The summed E-state index contributed by atoms with van der Waals surface area (Å²) >= 11 is 0. The molecule has 1 aromatic heterocycles. The summed E-state index contributed by atoms with van der Waals surface area (Å²) in [5.74, 6) is -0.467. The lowest BCUT2D eigenvalue weighted by atomic mass is 10.1. The summed E-state index contributed by atoms with van der Waals surface area (Å²) in [6, 6.07) is 5.12. The van der Waals surface area contributed by atoms with Gasteiger partial charge in [-0.1, -0.05) is 12.1 Å². The number of nitrogens with two attached hydrogens (primary N) is 1. The number of aromatic nitrogens is 2.